The third kappa shape index (κ3) is 2.56. The predicted octanol–water partition coefficient (Wildman–Crippen LogP) is 3.55. The summed E-state index contributed by atoms with van der Waals surface area (Å²) >= 11 is 0. The third-order valence-corrected chi connectivity index (χ3v) is 11.7. The molecule has 6 rings (SSSR count). The first-order valence-electron chi connectivity index (χ1n) is 13.2. The number of epoxide rings is 1. The minimum absolute atomic E-state index is 0.0932. The van der Waals surface area contributed by atoms with E-state index >= 15 is 0 Å². The number of fused-ring (bicyclic) bond motifs is 3. The van der Waals surface area contributed by atoms with Gasteiger partial charge in [0.05, 0.1) is 24.7 Å². The summed E-state index contributed by atoms with van der Waals surface area (Å²) in [6.45, 7) is 11.9. The van der Waals surface area contributed by atoms with Crippen LogP contribution in [-0.2, 0) is 23.8 Å². The minimum atomic E-state index is -0.922. The van der Waals surface area contributed by atoms with Crippen LogP contribution in [0.2, 0.25) is 0 Å². The van der Waals surface area contributed by atoms with E-state index in [1.165, 1.54) is 6.92 Å². The average Bonchev–Trinajstić information content (AvgIpc) is 3.36. The van der Waals surface area contributed by atoms with Crippen LogP contribution < -0.4 is 0 Å². The van der Waals surface area contributed by atoms with Crippen molar-refractivity contribution in [3.8, 4) is 0 Å². The summed E-state index contributed by atoms with van der Waals surface area (Å²) < 4.78 is 24.0. The molecule has 2 aliphatic heterocycles. The van der Waals surface area contributed by atoms with Crippen LogP contribution in [0, 0.1) is 33.5 Å². The Hall–Kier alpha value is -1.90. The molecular weight excluding hydrogens is 464 g/mol. The Balaban J connectivity index is 1.55. The van der Waals surface area contributed by atoms with Gasteiger partial charge in [-0.3, -0.25) is 4.79 Å². The monoisotopic (exact) mass is 502 g/mol. The van der Waals surface area contributed by atoms with Gasteiger partial charge in [0, 0.05) is 35.2 Å². The quantitative estimate of drug-likeness (QED) is 0.466. The Morgan fingerprint density at radius 3 is 2.42 bits per heavy atom. The van der Waals surface area contributed by atoms with Gasteiger partial charge in [-0.05, 0) is 42.6 Å². The second kappa shape index (κ2) is 7.14. The molecule has 2 N–H and O–H groups in total. The zero-order chi connectivity index (χ0) is 26.1. The third-order valence-electron chi connectivity index (χ3n) is 11.7. The molecule has 2 saturated heterocycles. The molecule has 2 unspecified atom stereocenters. The molecule has 1 spiro atoms. The Bertz CT molecular complexity index is 1100. The first-order valence-corrected chi connectivity index (χ1v) is 13.2. The lowest BCUT2D eigenvalue weighted by atomic mass is 9.34. The lowest BCUT2D eigenvalue weighted by molar-refractivity contribution is -0.295. The molecule has 36 heavy (non-hydrogen) atoms. The summed E-state index contributed by atoms with van der Waals surface area (Å²) in [5.41, 5.74) is -2.53. The number of cyclic esters (lactones) is 1. The standard InChI is InChI=1S/C28H38O8/c1-14(29)34-20-11-17-24(2,3)18(30)12-19(31)26(17,5)16-7-9-25(4)21(15-8-10-33-13-15)35-23(32)22-28(25,36-22)27(16,20)6/h8,10,13,16-22,30-31H,7,9,11-12H2,1-6H3/t16?,17?,18-,19+,20-,21-,22-,25-,26-,27+,28-/m1/s1. The van der Waals surface area contributed by atoms with Gasteiger partial charge in [0.2, 0.25) is 0 Å². The molecule has 0 amide bonds. The zero-order valence-electron chi connectivity index (χ0n) is 21.9. The maximum absolute atomic E-state index is 13.3. The molecule has 0 bridgehead atoms. The molecular formula is C28H38O8. The van der Waals surface area contributed by atoms with Gasteiger partial charge in [0.25, 0.3) is 0 Å². The van der Waals surface area contributed by atoms with Gasteiger partial charge in [-0.25, -0.2) is 4.79 Å². The number of hydrogen-bond donors (Lipinski definition) is 2. The molecule has 3 saturated carbocycles. The zero-order valence-corrected chi connectivity index (χ0v) is 21.9. The summed E-state index contributed by atoms with van der Waals surface area (Å²) in [4.78, 5) is 25.7. The molecule has 5 fully saturated rings. The predicted molar refractivity (Wildman–Crippen MR) is 126 cm³/mol. The number of carbonyl (C=O) groups is 2. The number of aliphatic hydroxyl groups is 2. The molecule has 1 aromatic heterocycles. The van der Waals surface area contributed by atoms with E-state index in [2.05, 4.69) is 34.6 Å². The van der Waals surface area contributed by atoms with E-state index in [0.717, 1.165) is 12.0 Å². The normalized spacial score (nSPS) is 52.7. The van der Waals surface area contributed by atoms with Gasteiger partial charge in [0.15, 0.2) is 6.10 Å². The van der Waals surface area contributed by atoms with Crippen molar-refractivity contribution in [3.05, 3.63) is 24.2 Å². The number of rotatable bonds is 2. The maximum atomic E-state index is 13.3. The summed E-state index contributed by atoms with van der Waals surface area (Å²) in [5.74, 6) is -0.994. The second-order valence-corrected chi connectivity index (χ2v) is 13.2. The van der Waals surface area contributed by atoms with Crippen molar-refractivity contribution in [3.63, 3.8) is 0 Å². The van der Waals surface area contributed by atoms with Crippen molar-refractivity contribution in [1.29, 1.82) is 0 Å². The van der Waals surface area contributed by atoms with Gasteiger partial charge in [0.1, 0.15) is 17.8 Å². The molecule has 1 aromatic rings. The van der Waals surface area contributed by atoms with E-state index in [9.17, 15) is 19.8 Å². The Labute approximate surface area is 211 Å². The Morgan fingerprint density at radius 1 is 1.06 bits per heavy atom. The van der Waals surface area contributed by atoms with Crippen molar-refractivity contribution in [1.82, 2.24) is 0 Å². The van der Waals surface area contributed by atoms with E-state index in [-0.39, 0.29) is 17.8 Å². The maximum Gasteiger partial charge on any atom is 0.339 e. The smallest absolute Gasteiger partial charge is 0.339 e. The molecule has 198 valence electrons. The van der Waals surface area contributed by atoms with E-state index < -0.39 is 63.8 Å². The number of aliphatic hydroxyl groups excluding tert-OH is 2. The second-order valence-electron chi connectivity index (χ2n) is 13.2. The topological polar surface area (TPSA) is 119 Å². The van der Waals surface area contributed by atoms with Crippen LogP contribution in [0.4, 0.5) is 0 Å². The fourth-order valence-corrected chi connectivity index (χ4v) is 9.83. The number of hydrogen-bond acceptors (Lipinski definition) is 8. The van der Waals surface area contributed by atoms with E-state index in [0.29, 0.717) is 19.3 Å². The summed E-state index contributed by atoms with van der Waals surface area (Å²) in [6.07, 6.45) is 2.15. The van der Waals surface area contributed by atoms with E-state index in [1.54, 1.807) is 12.5 Å². The highest BCUT2D eigenvalue weighted by Crippen LogP contribution is 2.80. The highest BCUT2D eigenvalue weighted by atomic mass is 16.7. The highest BCUT2D eigenvalue weighted by Gasteiger charge is 2.89. The molecule has 5 aliphatic rings. The number of carbonyl (C=O) groups excluding carboxylic acids is 2. The molecule has 0 aromatic carbocycles. The fourth-order valence-electron chi connectivity index (χ4n) is 9.83. The van der Waals surface area contributed by atoms with Gasteiger partial charge >= 0.3 is 11.9 Å². The first kappa shape index (κ1) is 24.4. The average molecular weight is 503 g/mol. The van der Waals surface area contributed by atoms with Gasteiger partial charge in [-0.15, -0.1) is 0 Å². The summed E-state index contributed by atoms with van der Waals surface area (Å²) in [5, 5.41) is 22.6. The number of ether oxygens (including phenoxy) is 3. The molecule has 11 atom stereocenters. The molecule has 3 heterocycles. The van der Waals surface area contributed by atoms with Crippen LogP contribution in [0.3, 0.4) is 0 Å². The molecule has 8 heteroatoms. The SMILES string of the molecule is CC(=O)O[C@@H]1CC2C(C)(C)[C@H](O)C[C@H](O)[C@]2(C)C2CC[C@]3(C)[C@@H](c4ccoc4)OC(=O)[C@H]4O[C@]43[C@@]21C. The fraction of sp³-hybridized carbons (Fsp3) is 0.786. The van der Waals surface area contributed by atoms with Crippen molar-refractivity contribution < 1.29 is 38.4 Å². The molecule has 8 nitrogen and oxygen atoms in total. The molecule has 3 aliphatic carbocycles. The van der Waals surface area contributed by atoms with Gasteiger partial charge in [-0.2, -0.15) is 0 Å². The van der Waals surface area contributed by atoms with Crippen molar-refractivity contribution in [2.24, 2.45) is 33.5 Å². The lowest BCUT2D eigenvalue weighted by Gasteiger charge is -2.71. The van der Waals surface area contributed by atoms with E-state index in [1.807, 2.05) is 6.07 Å². The van der Waals surface area contributed by atoms with Crippen molar-refractivity contribution in [2.45, 2.75) is 103 Å². The van der Waals surface area contributed by atoms with Crippen LogP contribution in [0.25, 0.3) is 0 Å². The van der Waals surface area contributed by atoms with Gasteiger partial charge in [-0.1, -0.05) is 34.6 Å². The lowest BCUT2D eigenvalue weighted by Crippen LogP contribution is -2.75. The van der Waals surface area contributed by atoms with Crippen LogP contribution in [0.1, 0.15) is 78.9 Å². The largest absolute Gasteiger partial charge is 0.472 e. The summed E-state index contributed by atoms with van der Waals surface area (Å²) in [7, 11) is 0. The van der Waals surface area contributed by atoms with Crippen LogP contribution in [0.5, 0.6) is 0 Å². The number of furan rings is 1. The van der Waals surface area contributed by atoms with Gasteiger partial charge < -0.3 is 28.8 Å². The summed E-state index contributed by atoms with van der Waals surface area (Å²) in [6, 6.07) is 1.82. The Morgan fingerprint density at radius 2 is 1.78 bits per heavy atom. The van der Waals surface area contributed by atoms with E-state index in [4.69, 9.17) is 18.6 Å². The van der Waals surface area contributed by atoms with Crippen molar-refractivity contribution in [2.75, 3.05) is 0 Å². The first-order chi connectivity index (χ1) is 16.8. The van der Waals surface area contributed by atoms with Crippen LogP contribution in [-0.4, -0.2) is 52.2 Å². The minimum Gasteiger partial charge on any atom is -0.472 e. The van der Waals surface area contributed by atoms with Crippen LogP contribution >= 0.6 is 0 Å². The van der Waals surface area contributed by atoms with Crippen LogP contribution in [0.15, 0.2) is 23.0 Å². The highest BCUT2D eigenvalue weighted by molar-refractivity contribution is 5.82. The van der Waals surface area contributed by atoms with Crippen molar-refractivity contribution >= 4 is 11.9 Å². The Kier molecular flexibility index (Phi) is 4.85. The number of esters is 2. The molecule has 0 radical (unpaired) electrons.